The third kappa shape index (κ3) is 3.29. The molecule has 0 radical (unpaired) electrons. The minimum Gasteiger partial charge on any atom is -0.394 e. The second-order valence-corrected chi connectivity index (χ2v) is 4.40. The predicted octanol–water partition coefficient (Wildman–Crippen LogP) is 2.02. The Morgan fingerprint density at radius 2 is 2.00 bits per heavy atom. The van der Waals surface area contributed by atoms with Gasteiger partial charge in [-0.1, -0.05) is 37.4 Å². The third-order valence-electron chi connectivity index (χ3n) is 2.77. The fourth-order valence-electron chi connectivity index (χ4n) is 1.90. The molecule has 1 rings (SSSR count). The summed E-state index contributed by atoms with van der Waals surface area (Å²) in [6.07, 6.45) is 5.78. The van der Waals surface area contributed by atoms with Gasteiger partial charge in [-0.05, 0) is 12.8 Å². The first kappa shape index (κ1) is 11.0. The van der Waals surface area contributed by atoms with Crippen LogP contribution in [0.15, 0.2) is 11.6 Å². The van der Waals surface area contributed by atoms with E-state index in [4.69, 9.17) is 11.6 Å². The zero-order valence-corrected chi connectivity index (χ0v) is 8.74. The summed E-state index contributed by atoms with van der Waals surface area (Å²) >= 11 is 5.68. The van der Waals surface area contributed by atoms with Crippen molar-refractivity contribution in [2.24, 2.45) is 0 Å². The van der Waals surface area contributed by atoms with Gasteiger partial charge >= 0.3 is 0 Å². The quantitative estimate of drug-likeness (QED) is 0.733. The lowest BCUT2D eigenvalue weighted by Gasteiger charge is -2.36. The second kappa shape index (κ2) is 4.99. The largest absolute Gasteiger partial charge is 0.394 e. The fourth-order valence-corrected chi connectivity index (χ4v) is 1.97. The van der Waals surface area contributed by atoms with Gasteiger partial charge in [-0.2, -0.15) is 0 Å². The molecule has 76 valence electrons. The van der Waals surface area contributed by atoms with Gasteiger partial charge in [0, 0.05) is 17.1 Å². The molecule has 0 aromatic heterocycles. The maximum Gasteiger partial charge on any atom is 0.0613 e. The number of aliphatic hydroxyl groups excluding tert-OH is 1. The Hall–Kier alpha value is -0.0500. The van der Waals surface area contributed by atoms with Crippen molar-refractivity contribution >= 4 is 11.6 Å². The lowest BCUT2D eigenvalue weighted by Crippen LogP contribution is -2.50. The third-order valence-corrected chi connectivity index (χ3v) is 2.90. The van der Waals surface area contributed by atoms with Crippen LogP contribution < -0.4 is 5.32 Å². The lowest BCUT2D eigenvalue weighted by molar-refractivity contribution is 0.124. The molecule has 0 saturated heterocycles. The van der Waals surface area contributed by atoms with Crippen molar-refractivity contribution in [3.63, 3.8) is 0 Å². The molecule has 0 aromatic carbocycles. The Balaban J connectivity index is 2.42. The van der Waals surface area contributed by atoms with Gasteiger partial charge in [0.05, 0.1) is 6.61 Å². The molecule has 2 nitrogen and oxygen atoms in total. The van der Waals surface area contributed by atoms with Crippen molar-refractivity contribution in [3.05, 3.63) is 11.6 Å². The lowest BCUT2D eigenvalue weighted by atomic mass is 9.82. The molecule has 0 aromatic rings. The molecule has 13 heavy (non-hydrogen) atoms. The van der Waals surface area contributed by atoms with Gasteiger partial charge in [0.15, 0.2) is 0 Å². The Morgan fingerprint density at radius 1 is 1.38 bits per heavy atom. The number of hydrogen-bond acceptors (Lipinski definition) is 2. The van der Waals surface area contributed by atoms with Crippen LogP contribution in [0.2, 0.25) is 0 Å². The average molecular weight is 204 g/mol. The number of halogens is 1. The van der Waals surface area contributed by atoms with E-state index in [1.807, 2.05) is 0 Å². The van der Waals surface area contributed by atoms with E-state index >= 15 is 0 Å². The van der Waals surface area contributed by atoms with Crippen LogP contribution in [0.4, 0.5) is 0 Å². The average Bonchev–Trinajstić information content (AvgIpc) is 2.16. The van der Waals surface area contributed by atoms with Crippen LogP contribution in [-0.4, -0.2) is 23.8 Å². The maximum absolute atomic E-state index is 9.32. The fraction of sp³-hybridized carbons (Fsp3) is 0.800. The zero-order chi connectivity index (χ0) is 9.73. The highest BCUT2D eigenvalue weighted by Gasteiger charge is 2.30. The predicted molar refractivity (Wildman–Crippen MR) is 55.9 cm³/mol. The first-order valence-electron chi connectivity index (χ1n) is 4.88. The molecule has 0 bridgehead atoms. The van der Waals surface area contributed by atoms with E-state index in [-0.39, 0.29) is 12.1 Å². The Morgan fingerprint density at radius 3 is 2.46 bits per heavy atom. The minimum atomic E-state index is -0.0872. The standard InChI is InChI=1S/C10H18ClNO/c1-9(11)7-12-10(8-13)5-3-2-4-6-10/h12-13H,1-8H2. The normalized spacial score (nSPS) is 21.4. The van der Waals surface area contributed by atoms with E-state index in [1.54, 1.807) is 0 Å². The van der Waals surface area contributed by atoms with E-state index in [2.05, 4.69) is 11.9 Å². The Bertz CT molecular complexity index is 176. The molecule has 0 spiro atoms. The van der Waals surface area contributed by atoms with E-state index in [9.17, 15) is 5.11 Å². The van der Waals surface area contributed by atoms with E-state index in [0.29, 0.717) is 11.6 Å². The summed E-state index contributed by atoms with van der Waals surface area (Å²) in [5, 5.41) is 13.2. The van der Waals surface area contributed by atoms with Crippen LogP contribution in [0.25, 0.3) is 0 Å². The van der Waals surface area contributed by atoms with Crippen molar-refractivity contribution in [2.45, 2.75) is 37.6 Å². The molecular formula is C10H18ClNO. The SMILES string of the molecule is C=C(Cl)CNC1(CO)CCCCC1. The van der Waals surface area contributed by atoms with Crippen LogP contribution in [-0.2, 0) is 0 Å². The van der Waals surface area contributed by atoms with Gasteiger partial charge < -0.3 is 10.4 Å². The smallest absolute Gasteiger partial charge is 0.0613 e. The van der Waals surface area contributed by atoms with Gasteiger partial charge in [0.25, 0.3) is 0 Å². The molecule has 0 amide bonds. The first-order chi connectivity index (χ1) is 6.18. The summed E-state index contributed by atoms with van der Waals surface area (Å²) in [5.41, 5.74) is -0.0872. The summed E-state index contributed by atoms with van der Waals surface area (Å²) in [6.45, 7) is 4.43. The van der Waals surface area contributed by atoms with Crippen LogP contribution in [0.1, 0.15) is 32.1 Å². The van der Waals surface area contributed by atoms with Gasteiger partial charge in [0.2, 0.25) is 0 Å². The van der Waals surface area contributed by atoms with Crippen LogP contribution in [0.5, 0.6) is 0 Å². The van der Waals surface area contributed by atoms with Crippen molar-refractivity contribution in [1.29, 1.82) is 0 Å². The minimum absolute atomic E-state index is 0.0872. The van der Waals surface area contributed by atoms with Crippen LogP contribution in [0.3, 0.4) is 0 Å². The number of nitrogens with one attached hydrogen (secondary N) is 1. The first-order valence-corrected chi connectivity index (χ1v) is 5.25. The molecule has 1 aliphatic carbocycles. The van der Waals surface area contributed by atoms with E-state index in [0.717, 1.165) is 12.8 Å². The highest BCUT2D eigenvalue weighted by molar-refractivity contribution is 6.29. The number of aliphatic hydroxyl groups is 1. The molecule has 0 unspecified atom stereocenters. The molecule has 1 aliphatic rings. The molecule has 0 atom stereocenters. The molecule has 3 heteroatoms. The monoisotopic (exact) mass is 203 g/mol. The van der Waals surface area contributed by atoms with Crippen molar-refractivity contribution in [2.75, 3.05) is 13.2 Å². The van der Waals surface area contributed by atoms with Crippen molar-refractivity contribution in [1.82, 2.24) is 5.32 Å². The molecule has 2 N–H and O–H groups in total. The molecule has 0 aliphatic heterocycles. The molecular weight excluding hydrogens is 186 g/mol. The number of rotatable bonds is 4. The summed E-state index contributed by atoms with van der Waals surface area (Å²) < 4.78 is 0. The molecule has 0 heterocycles. The topological polar surface area (TPSA) is 32.3 Å². The summed E-state index contributed by atoms with van der Waals surface area (Å²) in [5.74, 6) is 0. The van der Waals surface area contributed by atoms with E-state index < -0.39 is 0 Å². The zero-order valence-electron chi connectivity index (χ0n) is 7.98. The van der Waals surface area contributed by atoms with Crippen molar-refractivity contribution in [3.8, 4) is 0 Å². The van der Waals surface area contributed by atoms with Gasteiger partial charge in [0.1, 0.15) is 0 Å². The highest BCUT2D eigenvalue weighted by Crippen LogP contribution is 2.27. The van der Waals surface area contributed by atoms with E-state index in [1.165, 1.54) is 19.3 Å². The van der Waals surface area contributed by atoms with Crippen LogP contribution in [0, 0.1) is 0 Å². The summed E-state index contributed by atoms with van der Waals surface area (Å²) in [4.78, 5) is 0. The second-order valence-electron chi connectivity index (χ2n) is 3.87. The van der Waals surface area contributed by atoms with Gasteiger partial charge in [-0.3, -0.25) is 0 Å². The highest BCUT2D eigenvalue weighted by atomic mass is 35.5. The Labute approximate surface area is 85.0 Å². The Kier molecular flexibility index (Phi) is 4.23. The van der Waals surface area contributed by atoms with Gasteiger partial charge in [-0.25, -0.2) is 0 Å². The molecule has 1 fully saturated rings. The summed E-state index contributed by atoms with van der Waals surface area (Å²) in [6, 6.07) is 0. The maximum atomic E-state index is 9.32. The molecule has 1 saturated carbocycles. The van der Waals surface area contributed by atoms with Crippen LogP contribution >= 0.6 is 11.6 Å². The van der Waals surface area contributed by atoms with Gasteiger partial charge in [-0.15, -0.1) is 0 Å². The summed E-state index contributed by atoms with van der Waals surface area (Å²) in [7, 11) is 0. The van der Waals surface area contributed by atoms with Crippen molar-refractivity contribution < 1.29 is 5.11 Å². The number of hydrogen-bond donors (Lipinski definition) is 2.